The van der Waals surface area contributed by atoms with E-state index >= 15 is 0 Å². The first kappa shape index (κ1) is 16.8. The van der Waals surface area contributed by atoms with E-state index < -0.39 is 10.0 Å². The summed E-state index contributed by atoms with van der Waals surface area (Å²) in [6, 6.07) is 5.30. The van der Waals surface area contributed by atoms with Crippen LogP contribution in [0.4, 0.5) is 0 Å². The van der Waals surface area contributed by atoms with E-state index in [9.17, 15) is 8.42 Å². The predicted octanol–water partition coefficient (Wildman–Crippen LogP) is 2.96. The second-order valence-corrected chi connectivity index (χ2v) is 10.5. The van der Waals surface area contributed by atoms with Crippen LogP contribution < -0.4 is 4.74 Å². The molecule has 3 rings (SSSR count). The number of sulfonamides is 1. The fraction of sp³-hybridized carbons (Fsp3) is 0.571. The van der Waals surface area contributed by atoms with E-state index in [1.54, 1.807) is 23.5 Å². The maximum absolute atomic E-state index is 12.9. The largest absolute Gasteiger partial charge is 0.496 e. The minimum absolute atomic E-state index is 0.264. The third kappa shape index (κ3) is 2.65. The molecule has 22 heavy (non-hydrogen) atoms. The lowest BCUT2D eigenvalue weighted by molar-refractivity contribution is 0.370. The van der Waals surface area contributed by atoms with Crippen LogP contribution in [0.5, 0.6) is 5.75 Å². The van der Waals surface area contributed by atoms with Crippen LogP contribution in [-0.4, -0.2) is 50.3 Å². The number of alkyl halides is 1. The number of benzene rings is 1. The molecule has 4 nitrogen and oxygen atoms in total. The van der Waals surface area contributed by atoms with Gasteiger partial charge in [0, 0.05) is 36.0 Å². The molecule has 0 N–H and O–H groups in total. The number of nitrogens with zero attached hydrogens (tertiary/aromatic N) is 1. The highest BCUT2D eigenvalue weighted by atomic mass is 35.5. The molecule has 0 saturated carbocycles. The first-order chi connectivity index (χ1) is 10.5. The minimum atomic E-state index is -3.48. The summed E-state index contributed by atoms with van der Waals surface area (Å²) in [5, 5.41) is 0. The van der Waals surface area contributed by atoms with Crippen molar-refractivity contribution in [2.45, 2.75) is 15.4 Å². The van der Waals surface area contributed by atoms with Gasteiger partial charge in [-0.1, -0.05) is 6.07 Å². The van der Waals surface area contributed by atoms with E-state index in [0.29, 0.717) is 36.0 Å². The lowest BCUT2D eigenvalue weighted by atomic mass is 10.1. The van der Waals surface area contributed by atoms with Gasteiger partial charge in [-0.05, 0) is 18.6 Å². The Morgan fingerprint density at radius 2 is 2.09 bits per heavy atom. The van der Waals surface area contributed by atoms with Crippen LogP contribution in [0.15, 0.2) is 23.1 Å². The summed E-state index contributed by atoms with van der Waals surface area (Å²) >= 11 is 9.40. The molecule has 122 valence electrons. The van der Waals surface area contributed by atoms with E-state index in [4.69, 9.17) is 16.3 Å². The second-order valence-electron chi connectivity index (χ2n) is 5.16. The van der Waals surface area contributed by atoms with Crippen LogP contribution in [0.3, 0.4) is 0 Å². The summed E-state index contributed by atoms with van der Waals surface area (Å²) in [6.45, 7) is 0.945. The maximum atomic E-state index is 12.9. The van der Waals surface area contributed by atoms with Crippen molar-refractivity contribution in [2.24, 2.45) is 0 Å². The number of hydrogen-bond acceptors (Lipinski definition) is 5. The quantitative estimate of drug-likeness (QED) is 0.752. The number of ether oxygens (including phenoxy) is 1. The standard InChI is InChI=1S/C14H18ClNO3S3/c1-19-11-4-2-5-12-13(11)14(20-8-9-21-14)10-16(7-3-6-15)22(12,17)18/h2,4-5H,3,6-10H2,1H3. The molecule has 8 heteroatoms. The van der Waals surface area contributed by atoms with Crippen molar-refractivity contribution in [3.8, 4) is 5.75 Å². The summed E-state index contributed by atoms with van der Waals surface area (Å²) in [4.78, 5) is 0.384. The van der Waals surface area contributed by atoms with Gasteiger partial charge in [0.1, 0.15) is 9.83 Å². The van der Waals surface area contributed by atoms with Crippen molar-refractivity contribution < 1.29 is 13.2 Å². The van der Waals surface area contributed by atoms with E-state index in [1.807, 2.05) is 29.6 Å². The Bertz CT molecular complexity index is 659. The SMILES string of the molecule is COc1cccc2c1C1(CN(CCCCl)S2(=O)=O)SCCS1. The molecular formula is C14H18ClNO3S3. The topological polar surface area (TPSA) is 46.6 Å². The zero-order chi connectivity index (χ0) is 15.8. The van der Waals surface area contributed by atoms with Crippen molar-refractivity contribution in [1.29, 1.82) is 0 Å². The van der Waals surface area contributed by atoms with Crippen molar-refractivity contribution in [3.05, 3.63) is 23.8 Å². The van der Waals surface area contributed by atoms with Crippen molar-refractivity contribution in [3.63, 3.8) is 0 Å². The van der Waals surface area contributed by atoms with E-state index in [2.05, 4.69) is 0 Å². The summed E-state index contributed by atoms with van der Waals surface area (Å²) in [7, 11) is -1.89. The van der Waals surface area contributed by atoms with Gasteiger partial charge in [-0.3, -0.25) is 0 Å². The number of methoxy groups -OCH3 is 1. The molecule has 2 aliphatic rings. The number of thioether (sulfide) groups is 2. The summed E-state index contributed by atoms with van der Waals surface area (Å²) in [5.41, 5.74) is 0.826. The zero-order valence-electron chi connectivity index (χ0n) is 12.2. The van der Waals surface area contributed by atoms with Crippen molar-refractivity contribution in [2.75, 3.05) is 37.6 Å². The molecule has 1 aromatic rings. The molecule has 0 radical (unpaired) electrons. The molecule has 1 aromatic carbocycles. The first-order valence-corrected chi connectivity index (χ1v) is 11.0. The molecule has 0 unspecified atom stereocenters. The highest BCUT2D eigenvalue weighted by Crippen LogP contribution is 2.58. The molecule has 2 heterocycles. The average molecular weight is 380 g/mol. The van der Waals surface area contributed by atoms with Gasteiger partial charge in [0.25, 0.3) is 0 Å². The number of hydrogen-bond donors (Lipinski definition) is 0. The monoisotopic (exact) mass is 379 g/mol. The summed E-state index contributed by atoms with van der Waals surface area (Å²) in [6.07, 6.45) is 0.658. The Hall–Kier alpha value is -0.0800. The maximum Gasteiger partial charge on any atom is 0.243 e. The van der Waals surface area contributed by atoms with Gasteiger partial charge in [-0.25, -0.2) is 8.42 Å². The normalized spacial score (nSPS) is 22.6. The third-order valence-electron chi connectivity index (χ3n) is 3.89. The van der Waals surface area contributed by atoms with Crippen LogP contribution in [0, 0.1) is 0 Å². The van der Waals surface area contributed by atoms with Crippen LogP contribution in [0.25, 0.3) is 0 Å². The first-order valence-electron chi connectivity index (χ1n) is 7.07. The van der Waals surface area contributed by atoms with Gasteiger partial charge in [-0.15, -0.1) is 35.1 Å². The fourth-order valence-electron chi connectivity index (χ4n) is 2.93. The van der Waals surface area contributed by atoms with Gasteiger partial charge in [-0.2, -0.15) is 4.31 Å². The van der Waals surface area contributed by atoms with E-state index in [1.165, 1.54) is 0 Å². The molecule has 1 saturated heterocycles. The van der Waals surface area contributed by atoms with Gasteiger partial charge in [0.2, 0.25) is 10.0 Å². The Kier molecular flexibility index (Phi) is 4.90. The molecule has 1 fully saturated rings. The van der Waals surface area contributed by atoms with Crippen LogP contribution >= 0.6 is 35.1 Å². The fourth-order valence-corrected chi connectivity index (χ4v) is 8.50. The van der Waals surface area contributed by atoms with Gasteiger partial charge in [0.15, 0.2) is 0 Å². The van der Waals surface area contributed by atoms with E-state index in [-0.39, 0.29) is 4.08 Å². The summed E-state index contributed by atoms with van der Waals surface area (Å²) < 4.78 is 32.7. The lowest BCUT2D eigenvalue weighted by Crippen LogP contribution is -2.46. The molecule has 2 aliphatic heterocycles. The molecule has 0 bridgehead atoms. The van der Waals surface area contributed by atoms with Gasteiger partial charge in [0.05, 0.1) is 12.0 Å². The predicted molar refractivity (Wildman–Crippen MR) is 93.7 cm³/mol. The van der Waals surface area contributed by atoms with Crippen LogP contribution in [0.2, 0.25) is 0 Å². The summed E-state index contributed by atoms with van der Waals surface area (Å²) in [5.74, 6) is 3.17. The minimum Gasteiger partial charge on any atom is -0.496 e. The van der Waals surface area contributed by atoms with Gasteiger partial charge >= 0.3 is 0 Å². The molecule has 0 atom stereocenters. The average Bonchev–Trinajstić information content (AvgIpc) is 2.98. The Labute approximate surface area is 145 Å². The molecule has 0 aromatic heterocycles. The van der Waals surface area contributed by atoms with E-state index in [0.717, 1.165) is 17.1 Å². The Morgan fingerprint density at radius 1 is 1.36 bits per heavy atom. The highest BCUT2D eigenvalue weighted by Gasteiger charge is 2.50. The van der Waals surface area contributed by atoms with Crippen LogP contribution in [0.1, 0.15) is 12.0 Å². The highest BCUT2D eigenvalue weighted by molar-refractivity contribution is 8.20. The Balaban J connectivity index is 2.16. The third-order valence-corrected chi connectivity index (χ3v) is 9.42. The lowest BCUT2D eigenvalue weighted by Gasteiger charge is -2.40. The number of rotatable bonds is 4. The number of fused-ring (bicyclic) bond motifs is 2. The molecule has 0 amide bonds. The Morgan fingerprint density at radius 3 is 2.73 bits per heavy atom. The number of halogens is 1. The van der Waals surface area contributed by atoms with Crippen LogP contribution in [-0.2, 0) is 14.1 Å². The second kappa shape index (κ2) is 6.43. The molecule has 0 aliphatic carbocycles. The molecule has 1 spiro atoms. The zero-order valence-corrected chi connectivity index (χ0v) is 15.5. The van der Waals surface area contributed by atoms with Crippen molar-refractivity contribution >= 4 is 45.1 Å². The smallest absolute Gasteiger partial charge is 0.243 e. The van der Waals surface area contributed by atoms with Gasteiger partial charge < -0.3 is 4.74 Å². The van der Waals surface area contributed by atoms with Crippen molar-refractivity contribution in [1.82, 2.24) is 4.31 Å². The molecular weight excluding hydrogens is 362 g/mol.